The zero-order valence-electron chi connectivity index (χ0n) is 22.8. The van der Waals surface area contributed by atoms with Crippen LogP contribution in [0.3, 0.4) is 0 Å². The van der Waals surface area contributed by atoms with E-state index in [-0.39, 0.29) is 29.0 Å². The highest BCUT2D eigenvalue weighted by Gasteiger charge is 2.32. The predicted octanol–water partition coefficient (Wildman–Crippen LogP) is 5.50. The van der Waals surface area contributed by atoms with Crippen molar-refractivity contribution in [1.82, 2.24) is 10.2 Å². The maximum atomic E-state index is 13.9. The van der Waals surface area contributed by atoms with Crippen LogP contribution in [0.4, 0.5) is 5.69 Å². The predicted molar refractivity (Wildman–Crippen MR) is 161 cm³/mol. The summed E-state index contributed by atoms with van der Waals surface area (Å²) in [5.74, 6) is -0.162. The Morgan fingerprint density at radius 1 is 1.00 bits per heavy atom. The minimum Gasteiger partial charge on any atom is -0.497 e. The van der Waals surface area contributed by atoms with Crippen LogP contribution in [0.25, 0.3) is 0 Å². The van der Waals surface area contributed by atoms with Crippen LogP contribution in [0.15, 0.2) is 82.2 Å². The number of hydrogen-bond acceptors (Lipinski definition) is 5. The molecule has 11 heteroatoms. The molecule has 2 amide bonds. The number of carbonyl (C=O) groups is 2. The molecule has 0 bridgehead atoms. The monoisotopic (exact) mass is 649 g/mol. The molecule has 0 saturated heterocycles. The van der Waals surface area contributed by atoms with Gasteiger partial charge in [0.1, 0.15) is 18.3 Å². The number of ether oxygens (including phenoxy) is 1. The molecule has 3 aromatic carbocycles. The summed E-state index contributed by atoms with van der Waals surface area (Å²) >= 11 is 9.61. The number of rotatable bonds is 12. The molecule has 0 aliphatic rings. The summed E-state index contributed by atoms with van der Waals surface area (Å²) in [6.45, 7) is 5.59. The van der Waals surface area contributed by atoms with Gasteiger partial charge < -0.3 is 15.0 Å². The lowest BCUT2D eigenvalue weighted by molar-refractivity contribution is -0.139. The minimum atomic E-state index is -4.21. The fourth-order valence-electron chi connectivity index (χ4n) is 3.86. The van der Waals surface area contributed by atoms with E-state index in [1.54, 1.807) is 25.1 Å². The van der Waals surface area contributed by atoms with Crippen molar-refractivity contribution in [2.45, 2.75) is 38.3 Å². The summed E-state index contributed by atoms with van der Waals surface area (Å²) < 4.78 is 34.8. The molecule has 1 N–H and O–H groups in total. The van der Waals surface area contributed by atoms with Crippen molar-refractivity contribution in [1.29, 1.82) is 0 Å². The third-order valence-corrected chi connectivity index (χ3v) is 8.69. The van der Waals surface area contributed by atoms with Gasteiger partial charge in [0.25, 0.3) is 10.0 Å². The van der Waals surface area contributed by atoms with Gasteiger partial charge in [-0.3, -0.25) is 13.9 Å². The van der Waals surface area contributed by atoms with Gasteiger partial charge in [0.05, 0.1) is 17.7 Å². The molecule has 0 aromatic heterocycles. The molecule has 0 heterocycles. The van der Waals surface area contributed by atoms with Gasteiger partial charge in [-0.25, -0.2) is 8.42 Å². The first-order chi connectivity index (χ1) is 18.9. The molecule has 8 nitrogen and oxygen atoms in total. The molecule has 1 atom stereocenters. The highest BCUT2D eigenvalue weighted by molar-refractivity contribution is 9.10. The Bertz CT molecular complexity index is 1420. The molecule has 3 aromatic rings. The number of amides is 2. The summed E-state index contributed by atoms with van der Waals surface area (Å²) in [6.07, 6.45) is 0. The van der Waals surface area contributed by atoms with Gasteiger partial charge in [-0.05, 0) is 73.0 Å². The van der Waals surface area contributed by atoms with Gasteiger partial charge in [-0.2, -0.15) is 0 Å². The van der Waals surface area contributed by atoms with Crippen LogP contribution >= 0.6 is 27.5 Å². The molecule has 0 aliphatic carbocycles. The first-order valence-corrected chi connectivity index (χ1v) is 15.3. The van der Waals surface area contributed by atoms with Crippen molar-refractivity contribution in [2.24, 2.45) is 5.92 Å². The van der Waals surface area contributed by atoms with E-state index in [1.165, 1.54) is 42.3 Å². The summed E-state index contributed by atoms with van der Waals surface area (Å²) in [6, 6.07) is 18.7. The van der Waals surface area contributed by atoms with Crippen LogP contribution < -0.4 is 14.4 Å². The fourth-order valence-corrected chi connectivity index (χ4v) is 5.71. The van der Waals surface area contributed by atoms with E-state index in [0.29, 0.717) is 17.3 Å². The number of benzene rings is 3. The van der Waals surface area contributed by atoms with Crippen LogP contribution in [0.5, 0.6) is 5.75 Å². The normalized spacial score (nSPS) is 12.1. The van der Waals surface area contributed by atoms with Crippen molar-refractivity contribution in [3.63, 3.8) is 0 Å². The highest BCUT2D eigenvalue weighted by Crippen LogP contribution is 2.28. The lowest BCUT2D eigenvalue weighted by Crippen LogP contribution is -2.51. The van der Waals surface area contributed by atoms with Gasteiger partial charge in [0.15, 0.2) is 0 Å². The Morgan fingerprint density at radius 3 is 2.23 bits per heavy atom. The van der Waals surface area contributed by atoms with E-state index in [0.717, 1.165) is 14.3 Å². The molecule has 0 saturated carbocycles. The van der Waals surface area contributed by atoms with E-state index in [2.05, 4.69) is 21.2 Å². The maximum Gasteiger partial charge on any atom is 0.264 e. The average molecular weight is 651 g/mol. The highest BCUT2D eigenvalue weighted by atomic mass is 79.9. The molecule has 0 aliphatic heterocycles. The number of sulfonamides is 1. The number of carbonyl (C=O) groups excluding carboxylic acids is 2. The number of nitrogens with zero attached hydrogens (tertiary/aromatic N) is 2. The topological polar surface area (TPSA) is 96.0 Å². The third-order valence-electron chi connectivity index (χ3n) is 6.14. The van der Waals surface area contributed by atoms with Gasteiger partial charge in [-0.15, -0.1) is 0 Å². The van der Waals surface area contributed by atoms with Crippen LogP contribution in [0.2, 0.25) is 5.02 Å². The van der Waals surface area contributed by atoms with Gasteiger partial charge in [0, 0.05) is 22.6 Å². The smallest absolute Gasteiger partial charge is 0.264 e. The zero-order valence-corrected chi connectivity index (χ0v) is 26.0. The van der Waals surface area contributed by atoms with Crippen molar-refractivity contribution >= 4 is 55.1 Å². The zero-order chi connectivity index (χ0) is 29.4. The van der Waals surface area contributed by atoms with Crippen LogP contribution in [0, 0.1) is 5.92 Å². The second kappa shape index (κ2) is 14.0. The molecular weight excluding hydrogens is 618 g/mol. The SMILES string of the molecule is COc1ccc(S(=O)(=O)N(CC(=O)N(Cc2ccc(Br)cc2)[C@@H](C)C(=O)NCC(C)C)c2cccc(Cl)c2)cc1. The summed E-state index contributed by atoms with van der Waals surface area (Å²) in [4.78, 5) is 28.3. The third kappa shape index (κ3) is 8.22. The summed E-state index contributed by atoms with van der Waals surface area (Å²) in [7, 11) is -2.72. The van der Waals surface area contributed by atoms with E-state index in [1.807, 2.05) is 38.1 Å². The van der Waals surface area contributed by atoms with Gasteiger partial charge in [0.2, 0.25) is 11.8 Å². The second-order valence-corrected chi connectivity index (χ2v) is 12.8. The summed E-state index contributed by atoms with van der Waals surface area (Å²) in [5, 5.41) is 3.18. The molecule has 0 spiro atoms. The Morgan fingerprint density at radius 2 is 1.65 bits per heavy atom. The Hall–Kier alpha value is -3.08. The van der Waals surface area contributed by atoms with Crippen molar-refractivity contribution in [3.05, 3.63) is 87.9 Å². The average Bonchev–Trinajstić information content (AvgIpc) is 2.93. The van der Waals surface area contributed by atoms with Gasteiger partial charge >= 0.3 is 0 Å². The molecule has 3 rings (SSSR count). The number of hydrogen-bond donors (Lipinski definition) is 1. The van der Waals surface area contributed by atoms with Crippen LogP contribution in [0.1, 0.15) is 26.3 Å². The first-order valence-electron chi connectivity index (χ1n) is 12.7. The fraction of sp³-hybridized carbons (Fsp3) is 0.310. The van der Waals surface area contributed by atoms with E-state index < -0.39 is 28.5 Å². The van der Waals surface area contributed by atoms with Crippen molar-refractivity contribution in [3.8, 4) is 5.75 Å². The number of anilines is 1. The lowest BCUT2D eigenvalue weighted by Gasteiger charge is -2.32. The maximum absolute atomic E-state index is 13.9. The molecule has 0 fully saturated rings. The number of halogens is 2. The van der Waals surface area contributed by atoms with E-state index >= 15 is 0 Å². The Balaban J connectivity index is 2.01. The van der Waals surface area contributed by atoms with Gasteiger partial charge in [-0.1, -0.05) is 59.6 Å². The molecule has 214 valence electrons. The lowest BCUT2D eigenvalue weighted by atomic mass is 10.1. The van der Waals surface area contributed by atoms with Crippen molar-refractivity contribution in [2.75, 3.05) is 24.5 Å². The number of methoxy groups -OCH3 is 1. The van der Waals surface area contributed by atoms with E-state index in [4.69, 9.17) is 16.3 Å². The van der Waals surface area contributed by atoms with Crippen LogP contribution in [-0.4, -0.2) is 51.4 Å². The van der Waals surface area contributed by atoms with E-state index in [9.17, 15) is 18.0 Å². The van der Waals surface area contributed by atoms with Crippen LogP contribution in [-0.2, 0) is 26.2 Å². The first kappa shape index (κ1) is 31.4. The summed E-state index contributed by atoms with van der Waals surface area (Å²) in [5.41, 5.74) is 1.00. The quantitative estimate of drug-likeness (QED) is 0.280. The van der Waals surface area contributed by atoms with Crippen molar-refractivity contribution < 1.29 is 22.7 Å². The minimum absolute atomic E-state index is 0.0248. The Kier molecular flexibility index (Phi) is 11.0. The molecule has 0 radical (unpaired) electrons. The largest absolute Gasteiger partial charge is 0.497 e. The standard InChI is InChI=1S/C29H33BrClN3O5S/c1-20(2)17-32-29(36)21(3)33(18-22-8-10-23(30)11-9-22)28(35)19-34(25-7-5-6-24(31)16-25)40(37,38)27-14-12-26(39-4)13-15-27/h5-16,20-21H,17-19H2,1-4H3,(H,32,36)/t21-/m0/s1. The second-order valence-electron chi connectivity index (χ2n) is 9.63. The molecule has 40 heavy (non-hydrogen) atoms. The Labute approximate surface area is 249 Å². The number of nitrogens with one attached hydrogen (secondary N) is 1. The molecular formula is C29H33BrClN3O5S. The molecule has 0 unspecified atom stereocenters.